The Labute approximate surface area is 93.9 Å². The second-order valence-corrected chi connectivity index (χ2v) is 4.25. The van der Waals surface area contributed by atoms with Crippen LogP contribution < -0.4 is 0 Å². The molecule has 0 heterocycles. The molecular weight excluding hydrogens is 208 g/mol. The highest BCUT2D eigenvalue weighted by molar-refractivity contribution is 5.84. The lowest BCUT2D eigenvalue weighted by molar-refractivity contribution is -0.385. The molecule has 0 aromatic heterocycles. The van der Waals surface area contributed by atoms with E-state index in [0.717, 1.165) is 0 Å². The molecule has 0 fully saturated rings. The van der Waals surface area contributed by atoms with Gasteiger partial charge in [0.05, 0.1) is 16.7 Å². The molecule has 0 atom stereocenters. The SMILES string of the molecule is CC(C)(C)O/N=C\c1ccccc1[N+](=O)[O-]. The fourth-order valence-electron chi connectivity index (χ4n) is 1.00. The van der Waals surface area contributed by atoms with Crippen molar-refractivity contribution >= 4 is 11.9 Å². The highest BCUT2D eigenvalue weighted by Crippen LogP contribution is 2.16. The minimum absolute atomic E-state index is 0.0174. The Bertz CT molecular complexity index is 408. The third kappa shape index (κ3) is 3.68. The average Bonchev–Trinajstić information content (AvgIpc) is 2.16. The largest absolute Gasteiger partial charge is 0.390 e. The number of nitrogens with zero attached hydrogens (tertiary/aromatic N) is 2. The van der Waals surface area contributed by atoms with E-state index in [1.165, 1.54) is 12.3 Å². The van der Waals surface area contributed by atoms with E-state index < -0.39 is 10.5 Å². The standard InChI is InChI=1S/C11H14N2O3/c1-11(2,3)16-12-8-9-6-4-5-7-10(9)13(14)15/h4-8H,1-3H3/b12-8-. The van der Waals surface area contributed by atoms with Crippen LogP contribution in [-0.2, 0) is 4.84 Å². The topological polar surface area (TPSA) is 64.7 Å². The van der Waals surface area contributed by atoms with Crippen LogP contribution in [0.3, 0.4) is 0 Å². The van der Waals surface area contributed by atoms with Gasteiger partial charge in [0.2, 0.25) is 0 Å². The first-order chi connectivity index (χ1) is 7.40. The summed E-state index contributed by atoms with van der Waals surface area (Å²) in [5.74, 6) is 0. The molecule has 0 bridgehead atoms. The van der Waals surface area contributed by atoms with Crippen LogP contribution in [-0.4, -0.2) is 16.7 Å². The molecule has 0 radical (unpaired) electrons. The van der Waals surface area contributed by atoms with E-state index in [2.05, 4.69) is 5.16 Å². The Kier molecular flexibility index (Phi) is 3.60. The molecular formula is C11H14N2O3. The van der Waals surface area contributed by atoms with Gasteiger partial charge in [-0.2, -0.15) is 0 Å². The first kappa shape index (κ1) is 12.2. The fraction of sp³-hybridized carbons (Fsp3) is 0.364. The predicted molar refractivity (Wildman–Crippen MR) is 61.5 cm³/mol. The molecule has 1 aromatic rings. The Balaban J connectivity index is 2.85. The maximum absolute atomic E-state index is 10.7. The molecule has 0 aliphatic heterocycles. The Morgan fingerprint density at radius 2 is 2.00 bits per heavy atom. The molecule has 1 rings (SSSR count). The molecule has 86 valence electrons. The summed E-state index contributed by atoms with van der Waals surface area (Å²) in [5.41, 5.74) is 0.0422. The van der Waals surface area contributed by atoms with E-state index in [0.29, 0.717) is 5.56 Å². The number of oxime groups is 1. The summed E-state index contributed by atoms with van der Waals surface area (Å²) in [5, 5.41) is 14.4. The van der Waals surface area contributed by atoms with Gasteiger partial charge in [-0.15, -0.1) is 0 Å². The third-order valence-corrected chi connectivity index (χ3v) is 1.65. The summed E-state index contributed by atoms with van der Waals surface area (Å²) in [6, 6.07) is 6.37. The zero-order valence-electron chi connectivity index (χ0n) is 9.51. The number of nitro benzene ring substituents is 1. The van der Waals surface area contributed by atoms with Crippen molar-refractivity contribution in [3.05, 3.63) is 39.9 Å². The van der Waals surface area contributed by atoms with Gasteiger partial charge in [0.15, 0.2) is 0 Å². The van der Waals surface area contributed by atoms with E-state index in [-0.39, 0.29) is 5.69 Å². The molecule has 5 nitrogen and oxygen atoms in total. The second kappa shape index (κ2) is 4.74. The summed E-state index contributed by atoms with van der Waals surface area (Å²) in [6.45, 7) is 5.55. The molecule has 0 spiro atoms. The molecule has 0 aliphatic carbocycles. The number of rotatable bonds is 3. The van der Waals surface area contributed by atoms with Crippen LogP contribution in [0.15, 0.2) is 29.4 Å². The van der Waals surface area contributed by atoms with Gasteiger partial charge in [0.1, 0.15) is 5.60 Å². The summed E-state index contributed by atoms with van der Waals surface area (Å²) >= 11 is 0. The lowest BCUT2D eigenvalue weighted by atomic mass is 10.2. The Hall–Kier alpha value is -1.91. The van der Waals surface area contributed by atoms with E-state index in [1.807, 2.05) is 20.8 Å². The van der Waals surface area contributed by atoms with Crippen LogP contribution in [0, 0.1) is 10.1 Å². The van der Waals surface area contributed by atoms with Crippen LogP contribution in [0.5, 0.6) is 0 Å². The van der Waals surface area contributed by atoms with Crippen molar-refractivity contribution in [3.63, 3.8) is 0 Å². The van der Waals surface area contributed by atoms with Gasteiger partial charge < -0.3 is 4.84 Å². The first-order valence-electron chi connectivity index (χ1n) is 4.85. The van der Waals surface area contributed by atoms with Gasteiger partial charge in [-0.05, 0) is 26.8 Å². The zero-order chi connectivity index (χ0) is 12.2. The third-order valence-electron chi connectivity index (χ3n) is 1.65. The summed E-state index contributed by atoms with van der Waals surface area (Å²) in [4.78, 5) is 15.4. The molecule has 0 unspecified atom stereocenters. The van der Waals surface area contributed by atoms with Crippen molar-refractivity contribution in [3.8, 4) is 0 Å². The van der Waals surface area contributed by atoms with E-state index in [9.17, 15) is 10.1 Å². The van der Waals surface area contributed by atoms with Crippen LogP contribution in [0.25, 0.3) is 0 Å². The quantitative estimate of drug-likeness (QED) is 0.448. The summed E-state index contributed by atoms with van der Waals surface area (Å²) < 4.78 is 0. The van der Waals surface area contributed by atoms with Crippen LogP contribution in [0.4, 0.5) is 5.69 Å². The smallest absolute Gasteiger partial charge is 0.278 e. The number of benzene rings is 1. The Morgan fingerprint density at radius 1 is 1.38 bits per heavy atom. The minimum Gasteiger partial charge on any atom is -0.390 e. The highest BCUT2D eigenvalue weighted by Gasteiger charge is 2.12. The van der Waals surface area contributed by atoms with Crippen molar-refractivity contribution in [1.29, 1.82) is 0 Å². The summed E-state index contributed by atoms with van der Waals surface area (Å²) in [6.07, 6.45) is 1.35. The maximum Gasteiger partial charge on any atom is 0.278 e. The van der Waals surface area contributed by atoms with Crippen molar-refractivity contribution in [2.24, 2.45) is 5.16 Å². The van der Waals surface area contributed by atoms with Gasteiger partial charge >= 0.3 is 0 Å². The molecule has 16 heavy (non-hydrogen) atoms. The number of nitro groups is 1. The molecule has 0 saturated heterocycles. The van der Waals surface area contributed by atoms with Gasteiger partial charge in [-0.1, -0.05) is 17.3 Å². The van der Waals surface area contributed by atoms with Crippen LogP contribution in [0.1, 0.15) is 26.3 Å². The van der Waals surface area contributed by atoms with Crippen LogP contribution in [0.2, 0.25) is 0 Å². The average molecular weight is 222 g/mol. The normalized spacial score (nSPS) is 11.7. The molecule has 0 aliphatic rings. The molecule has 0 saturated carbocycles. The van der Waals surface area contributed by atoms with Crippen molar-refractivity contribution < 1.29 is 9.76 Å². The minimum atomic E-state index is -0.446. The number of hydrogen-bond donors (Lipinski definition) is 0. The maximum atomic E-state index is 10.7. The second-order valence-electron chi connectivity index (χ2n) is 4.25. The van der Waals surface area contributed by atoms with Crippen LogP contribution >= 0.6 is 0 Å². The molecule has 0 amide bonds. The fourth-order valence-corrected chi connectivity index (χ4v) is 1.00. The number of hydrogen-bond acceptors (Lipinski definition) is 4. The van der Waals surface area contributed by atoms with Gasteiger partial charge in [0, 0.05) is 6.07 Å². The molecule has 5 heteroatoms. The van der Waals surface area contributed by atoms with E-state index in [4.69, 9.17) is 4.84 Å². The van der Waals surface area contributed by atoms with Gasteiger partial charge in [-0.25, -0.2) is 0 Å². The monoisotopic (exact) mass is 222 g/mol. The van der Waals surface area contributed by atoms with E-state index >= 15 is 0 Å². The molecule has 0 N–H and O–H groups in total. The van der Waals surface area contributed by atoms with Gasteiger partial charge in [0.25, 0.3) is 5.69 Å². The molecule has 1 aromatic carbocycles. The zero-order valence-corrected chi connectivity index (χ0v) is 9.51. The van der Waals surface area contributed by atoms with Crippen molar-refractivity contribution in [2.75, 3.05) is 0 Å². The van der Waals surface area contributed by atoms with Crippen molar-refractivity contribution in [1.82, 2.24) is 0 Å². The Morgan fingerprint density at radius 3 is 2.56 bits per heavy atom. The van der Waals surface area contributed by atoms with E-state index in [1.54, 1.807) is 18.2 Å². The lowest BCUT2D eigenvalue weighted by Crippen LogP contribution is -2.15. The van der Waals surface area contributed by atoms with Gasteiger partial charge in [-0.3, -0.25) is 10.1 Å². The summed E-state index contributed by atoms with van der Waals surface area (Å²) in [7, 11) is 0. The lowest BCUT2D eigenvalue weighted by Gasteiger charge is -2.14. The number of para-hydroxylation sites is 1. The van der Waals surface area contributed by atoms with Crippen molar-refractivity contribution in [2.45, 2.75) is 26.4 Å². The first-order valence-corrected chi connectivity index (χ1v) is 4.85. The predicted octanol–water partition coefficient (Wildman–Crippen LogP) is 2.74. The highest BCUT2D eigenvalue weighted by atomic mass is 16.6.